The van der Waals surface area contributed by atoms with Crippen LogP contribution in [0.5, 0.6) is 0 Å². The second-order valence-corrected chi connectivity index (χ2v) is 6.99. The molecule has 4 heteroatoms. The van der Waals surface area contributed by atoms with Crippen LogP contribution in [0.1, 0.15) is 38.1 Å². The maximum absolute atomic E-state index is 3.15. The van der Waals surface area contributed by atoms with E-state index in [1.165, 1.54) is 22.3 Å². The van der Waals surface area contributed by atoms with Gasteiger partial charge in [-0.1, -0.05) is 69.3 Å². The van der Waals surface area contributed by atoms with Crippen LogP contribution in [0.25, 0.3) is 11.1 Å². The lowest BCUT2D eigenvalue weighted by Crippen LogP contribution is -2.33. The van der Waals surface area contributed by atoms with Gasteiger partial charge >= 0.3 is 0 Å². The lowest BCUT2D eigenvalue weighted by Gasteiger charge is -2.19. The van der Waals surface area contributed by atoms with E-state index < -0.39 is 0 Å². The minimum atomic E-state index is 0.0467. The van der Waals surface area contributed by atoms with Gasteiger partial charge in [0.25, 0.3) is 0 Å². The number of nitrogens with one attached hydrogen (secondary N) is 4. The Labute approximate surface area is 132 Å². The molecule has 1 fully saturated rings. The number of hydrogen-bond donors (Lipinski definition) is 4. The van der Waals surface area contributed by atoms with Crippen molar-refractivity contribution in [1.82, 2.24) is 21.9 Å². The van der Waals surface area contributed by atoms with Crippen LogP contribution in [0.4, 0.5) is 0 Å². The fraction of sp³-hybridized carbons (Fsp3) is 0.333. The SMILES string of the molecule is CC(C)(C)Cc1ccc(-c2ccccc2C2NNNN2)cc1. The predicted octanol–water partition coefficient (Wildman–Crippen LogP) is 3.06. The van der Waals surface area contributed by atoms with Gasteiger partial charge < -0.3 is 0 Å². The standard InChI is InChI=1S/C18H24N4/c1-18(2,3)12-13-8-10-14(11-9-13)15-6-4-5-7-16(15)17-19-21-22-20-17/h4-11,17,19-22H,12H2,1-3H3. The van der Waals surface area contributed by atoms with Crippen molar-refractivity contribution in [3.05, 3.63) is 59.7 Å². The molecule has 3 rings (SSSR count). The molecule has 2 aromatic carbocycles. The largest absolute Gasteiger partial charge is 0.220 e. The molecule has 116 valence electrons. The van der Waals surface area contributed by atoms with E-state index in [9.17, 15) is 0 Å². The first kappa shape index (κ1) is 15.2. The van der Waals surface area contributed by atoms with E-state index in [1.54, 1.807) is 0 Å². The summed E-state index contributed by atoms with van der Waals surface area (Å²) in [6.45, 7) is 6.81. The van der Waals surface area contributed by atoms with Crippen molar-refractivity contribution in [2.45, 2.75) is 33.4 Å². The highest BCUT2D eigenvalue weighted by Gasteiger charge is 2.18. The molecule has 22 heavy (non-hydrogen) atoms. The molecule has 0 spiro atoms. The summed E-state index contributed by atoms with van der Waals surface area (Å²) in [6, 6.07) is 17.4. The molecule has 4 nitrogen and oxygen atoms in total. The quantitative estimate of drug-likeness (QED) is 0.703. The van der Waals surface area contributed by atoms with Crippen LogP contribution in [-0.2, 0) is 6.42 Å². The monoisotopic (exact) mass is 296 g/mol. The molecule has 0 saturated carbocycles. The van der Waals surface area contributed by atoms with Gasteiger partial charge in [-0.2, -0.15) is 11.1 Å². The molecule has 1 heterocycles. The lowest BCUT2D eigenvalue weighted by molar-refractivity contribution is 0.411. The minimum absolute atomic E-state index is 0.0467. The van der Waals surface area contributed by atoms with Crippen LogP contribution in [0.15, 0.2) is 48.5 Å². The van der Waals surface area contributed by atoms with Gasteiger partial charge in [0.15, 0.2) is 0 Å². The summed E-state index contributed by atoms with van der Waals surface area (Å²) in [7, 11) is 0. The molecule has 4 N–H and O–H groups in total. The van der Waals surface area contributed by atoms with Crippen molar-refractivity contribution in [1.29, 1.82) is 0 Å². The van der Waals surface area contributed by atoms with Gasteiger partial charge in [0.2, 0.25) is 0 Å². The van der Waals surface area contributed by atoms with E-state index in [0.717, 1.165) is 6.42 Å². The van der Waals surface area contributed by atoms with Gasteiger partial charge in [0, 0.05) is 0 Å². The second kappa shape index (κ2) is 6.18. The normalized spacial score (nSPS) is 16.1. The molecule has 2 aromatic rings. The van der Waals surface area contributed by atoms with Crippen molar-refractivity contribution in [2.24, 2.45) is 5.41 Å². The lowest BCUT2D eigenvalue weighted by atomic mass is 9.87. The molecule has 1 aliphatic heterocycles. The second-order valence-electron chi connectivity index (χ2n) is 6.99. The Morgan fingerprint density at radius 3 is 2.14 bits per heavy atom. The summed E-state index contributed by atoms with van der Waals surface area (Å²) in [5.41, 5.74) is 17.4. The molecule has 1 aliphatic rings. The van der Waals surface area contributed by atoms with E-state index in [2.05, 4.69) is 91.2 Å². The van der Waals surface area contributed by atoms with Gasteiger partial charge in [0.1, 0.15) is 6.17 Å². The third kappa shape index (κ3) is 3.54. The molecule has 1 saturated heterocycles. The predicted molar refractivity (Wildman–Crippen MR) is 90.3 cm³/mol. The Hall–Kier alpha value is -1.72. The van der Waals surface area contributed by atoms with Crippen molar-refractivity contribution in [3.8, 4) is 11.1 Å². The first-order valence-corrected chi connectivity index (χ1v) is 7.72. The van der Waals surface area contributed by atoms with Gasteiger partial charge in [-0.25, -0.2) is 10.9 Å². The summed E-state index contributed by atoms with van der Waals surface area (Å²) in [6.07, 6.45) is 1.14. The zero-order valence-electron chi connectivity index (χ0n) is 13.4. The Morgan fingerprint density at radius 2 is 1.50 bits per heavy atom. The summed E-state index contributed by atoms with van der Waals surface area (Å²) >= 11 is 0. The molecular formula is C18H24N4. The smallest absolute Gasteiger partial charge is 0.112 e. The molecule has 0 radical (unpaired) electrons. The Kier molecular flexibility index (Phi) is 4.27. The van der Waals surface area contributed by atoms with Crippen molar-refractivity contribution >= 4 is 0 Å². The zero-order valence-corrected chi connectivity index (χ0v) is 13.4. The molecule has 0 atom stereocenters. The van der Waals surface area contributed by atoms with Crippen LogP contribution in [0.3, 0.4) is 0 Å². The van der Waals surface area contributed by atoms with E-state index >= 15 is 0 Å². The highest BCUT2D eigenvalue weighted by atomic mass is 15.8. The fourth-order valence-electron chi connectivity index (χ4n) is 2.83. The minimum Gasteiger partial charge on any atom is -0.220 e. The molecule has 0 amide bonds. The van der Waals surface area contributed by atoms with Gasteiger partial charge in [0.05, 0.1) is 0 Å². The number of benzene rings is 2. The Bertz CT molecular complexity index is 622. The molecular weight excluding hydrogens is 272 g/mol. The third-order valence-electron chi connectivity index (χ3n) is 3.77. The Morgan fingerprint density at radius 1 is 0.864 bits per heavy atom. The average molecular weight is 296 g/mol. The van der Waals surface area contributed by atoms with Crippen molar-refractivity contribution < 1.29 is 0 Å². The first-order chi connectivity index (χ1) is 10.5. The topological polar surface area (TPSA) is 48.1 Å². The summed E-state index contributed by atoms with van der Waals surface area (Å²) in [4.78, 5) is 0. The van der Waals surface area contributed by atoms with Crippen LogP contribution in [0, 0.1) is 5.41 Å². The molecule has 0 aromatic heterocycles. The maximum Gasteiger partial charge on any atom is 0.112 e. The molecule has 0 aliphatic carbocycles. The van der Waals surface area contributed by atoms with E-state index in [-0.39, 0.29) is 6.17 Å². The first-order valence-electron chi connectivity index (χ1n) is 7.72. The summed E-state index contributed by atoms with van der Waals surface area (Å²) < 4.78 is 0. The van der Waals surface area contributed by atoms with Gasteiger partial charge in [-0.15, -0.1) is 0 Å². The van der Waals surface area contributed by atoms with E-state index in [1.807, 2.05) is 0 Å². The Balaban J connectivity index is 1.88. The molecule has 0 bridgehead atoms. The van der Waals surface area contributed by atoms with Gasteiger partial charge in [-0.3, -0.25) is 0 Å². The summed E-state index contributed by atoms with van der Waals surface area (Å²) in [5, 5.41) is 0. The highest BCUT2D eigenvalue weighted by Crippen LogP contribution is 2.29. The van der Waals surface area contributed by atoms with Crippen LogP contribution < -0.4 is 21.9 Å². The summed E-state index contributed by atoms with van der Waals surface area (Å²) in [5.74, 6) is 0. The maximum atomic E-state index is 3.15. The van der Waals surface area contributed by atoms with E-state index in [0.29, 0.717) is 5.41 Å². The number of hydrogen-bond acceptors (Lipinski definition) is 4. The van der Waals surface area contributed by atoms with Crippen molar-refractivity contribution in [2.75, 3.05) is 0 Å². The zero-order chi connectivity index (χ0) is 15.6. The third-order valence-corrected chi connectivity index (χ3v) is 3.77. The fourth-order valence-corrected chi connectivity index (χ4v) is 2.83. The highest BCUT2D eigenvalue weighted by molar-refractivity contribution is 5.68. The average Bonchev–Trinajstić information content (AvgIpc) is 3.00. The number of rotatable bonds is 3. The van der Waals surface area contributed by atoms with Gasteiger partial charge in [-0.05, 0) is 34.1 Å². The van der Waals surface area contributed by atoms with Crippen LogP contribution in [0.2, 0.25) is 0 Å². The van der Waals surface area contributed by atoms with E-state index in [4.69, 9.17) is 0 Å². The number of hydrazine groups is 3. The van der Waals surface area contributed by atoms with Crippen molar-refractivity contribution in [3.63, 3.8) is 0 Å². The molecule has 0 unspecified atom stereocenters. The van der Waals surface area contributed by atoms with Crippen LogP contribution >= 0.6 is 0 Å². The van der Waals surface area contributed by atoms with Crippen LogP contribution in [-0.4, -0.2) is 0 Å².